The zero-order valence-corrected chi connectivity index (χ0v) is 15.6. The van der Waals surface area contributed by atoms with Crippen LogP contribution >= 0.6 is 11.8 Å². The summed E-state index contributed by atoms with van der Waals surface area (Å²) in [5.41, 5.74) is 0. The van der Waals surface area contributed by atoms with Crippen molar-refractivity contribution in [1.82, 2.24) is 14.7 Å². The van der Waals surface area contributed by atoms with Gasteiger partial charge in [-0.1, -0.05) is 13.8 Å². The highest BCUT2D eigenvalue weighted by Gasteiger charge is 2.25. The van der Waals surface area contributed by atoms with Gasteiger partial charge in [0.1, 0.15) is 5.82 Å². The summed E-state index contributed by atoms with van der Waals surface area (Å²) in [5.74, 6) is 2.47. The molecule has 1 aromatic rings. The van der Waals surface area contributed by atoms with Gasteiger partial charge in [0.25, 0.3) is 0 Å². The maximum atomic E-state index is 12.0. The first-order chi connectivity index (χ1) is 11.0. The highest BCUT2D eigenvalue weighted by atomic mass is 32.2. The number of hydrogen-bond donors (Lipinski definition) is 1. The summed E-state index contributed by atoms with van der Waals surface area (Å²) < 4.78 is 2.01. The number of hydrogen-bond acceptors (Lipinski definition) is 4. The Morgan fingerprint density at radius 3 is 2.70 bits per heavy atom. The molecule has 0 saturated carbocycles. The van der Waals surface area contributed by atoms with E-state index in [9.17, 15) is 4.79 Å². The van der Waals surface area contributed by atoms with Crippen molar-refractivity contribution in [1.29, 1.82) is 0 Å². The van der Waals surface area contributed by atoms with Gasteiger partial charge in [-0.25, -0.2) is 4.68 Å². The molecule has 23 heavy (non-hydrogen) atoms. The number of likely N-dealkylation sites (tertiary alicyclic amines) is 1. The fourth-order valence-electron chi connectivity index (χ4n) is 3.19. The summed E-state index contributed by atoms with van der Waals surface area (Å²) in [6.45, 7) is 8.63. The van der Waals surface area contributed by atoms with Gasteiger partial charge in [-0.05, 0) is 31.9 Å². The van der Waals surface area contributed by atoms with Crippen molar-refractivity contribution in [2.24, 2.45) is 5.92 Å². The van der Waals surface area contributed by atoms with E-state index in [1.54, 1.807) is 6.20 Å². The summed E-state index contributed by atoms with van der Waals surface area (Å²) in [5, 5.41) is 7.48. The van der Waals surface area contributed by atoms with Crippen molar-refractivity contribution in [2.45, 2.75) is 52.1 Å². The summed E-state index contributed by atoms with van der Waals surface area (Å²) in [7, 11) is 0. The largest absolute Gasteiger partial charge is 0.311 e. The molecule has 0 aliphatic carbocycles. The second kappa shape index (κ2) is 8.73. The van der Waals surface area contributed by atoms with Crippen molar-refractivity contribution < 1.29 is 4.79 Å². The predicted molar refractivity (Wildman–Crippen MR) is 98.0 cm³/mol. The maximum Gasteiger partial charge on any atom is 0.225 e. The standard InChI is InChI=1S/C17H30N4OS/c1-13(2)11-17(22)19-16-5-8-18-21(16)15-6-9-20(10-7-15)14(3)12-23-4/h5,8,13-15H,6-7,9-12H2,1-4H3,(H,19,22)/t14-/m0/s1. The Morgan fingerprint density at radius 2 is 2.09 bits per heavy atom. The van der Waals surface area contributed by atoms with Crippen LogP contribution in [-0.4, -0.2) is 51.7 Å². The zero-order chi connectivity index (χ0) is 16.8. The van der Waals surface area contributed by atoms with Crippen LogP contribution in [0.2, 0.25) is 0 Å². The SMILES string of the molecule is CSC[C@H](C)N1CCC(n2nccc2NC(=O)CC(C)C)CC1. The quantitative estimate of drug-likeness (QED) is 0.829. The Kier molecular flexibility index (Phi) is 6.96. The number of carbonyl (C=O) groups excluding carboxylic acids is 1. The van der Waals surface area contributed by atoms with Gasteiger partial charge in [0, 0.05) is 37.4 Å². The molecule has 1 aliphatic rings. The van der Waals surface area contributed by atoms with Crippen LogP contribution in [0.15, 0.2) is 12.3 Å². The van der Waals surface area contributed by atoms with Gasteiger partial charge in [-0.15, -0.1) is 0 Å². The number of anilines is 1. The minimum Gasteiger partial charge on any atom is -0.311 e. The number of carbonyl (C=O) groups is 1. The summed E-state index contributed by atoms with van der Waals surface area (Å²) in [6.07, 6.45) is 6.68. The van der Waals surface area contributed by atoms with Crippen LogP contribution in [-0.2, 0) is 4.79 Å². The third-order valence-corrected chi connectivity index (χ3v) is 5.22. The second-order valence-electron chi connectivity index (χ2n) is 6.88. The molecule has 1 saturated heterocycles. The topological polar surface area (TPSA) is 50.2 Å². The van der Waals surface area contributed by atoms with Gasteiger partial charge in [0.2, 0.25) is 5.91 Å². The molecule has 1 atom stereocenters. The lowest BCUT2D eigenvalue weighted by Crippen LogP contribution is -2.41. The average Bonchev–Trinajstić information content (AvgIpc) is 2.94. The molecule has 0 spiro atoms. The number of nitrogens with zero attached hydrogens (tertiary/aromatic N) is 3. The first-order valence-corrected chi connectivity index (χ1v) is 9.97. The number of nitrogens with one attached hydrogen (secondary N) is 1. The van der Waals surface area contributed by atoms with Crippen LogP contribution < -0.4 is 5.32 Å². The monoisotopic (exact) mass is 338 g/mol. The highest BCUT2D eigenvalue weighted by Crippen LogP contribution is 2.26. The molecule has 6 heteroatoms. The molecule has 1 aliphatic heterocycles. The van der Waals surface area contributed by atoms with E-state index >= 15 is 0 Å². The molecule has 5 nitrogen and oxygen atoms in total. The van der Waals surface area contributed by atoms with Gasteiger partial charge in [0.15, 0.2) is 0 Å². The zero-order valence-electron chi connectivity index (χ0n) is 14.8. The van der Waals surface area contributed by atoms with E-state index in [1.165, 1.54) is 5.75 Å². The molecule has 0 bridgehead atoms. The molecular weight excluding hydrogens is 308 g/mol. The first kappa shape index (κ1) is 18.3. The van der Waals surface area contributed by atoms with Crippen molar-refractivity contribution in [3.8, 4) is 0 Å². The van der Waals surface area contributed by atoms with Gasteiger partial charge in [-0.3, -0.25) is 9.69 Å². The molecular formula is C17H30N4OS. The van der Waals surface area contributed by atoms with Crippen LogP contribution in [0.1, 0.15) is 46.1 Å². The molecule has 1 amide bonds. The molecule has 1 fully saturated rings. The number of amides is 1. The van der Waals surface area contributed by atoms with E-state index in [0.717, 1.165) is 31.7 Å². The third-order valence-electron chi connectivity index (χ3n) is 4.41. The molecule has 1 N–H and O–H groups in total. The van der Waals surface area contributed by atoms with Gasteiger partial charge in [-0.2, -0.15) is 16.9 Å². The number of thioether (sulfide) groups is 1. The summed E-state index contributed by atoms with van der Waals surface area (Å²) in [4.78, 5) is 14.6. The summed E-state index contributed by atoms with van der Waals surface area (Å²) in [6, 6.07) is 2.92. The maximum absolute atomic E-state index is 12.0. The smallest absolute Gasteiger partial charge is 0.225 e. The third kappa shape index (κ3) is 5.24. The number of rotatable bonds is 7. The number of aromatic nitrogens is 2. The van der Waals surface area contributed by atoms with E-state index in [1.807, 2.05) is 22.5 Å². The minimum atomic E-state index is 0.0766. The first-order valence-electron chi connectivity index (χ1n) is 8.57. The lowest BCUT2D eigenvalue weighted by atomic mass is 10.0. The second-order valence-corrected chi connectivity index (χ2v) is 7.79. The van der Waals surface area contributed by atoms with Crippen LogP contribution in [0.25, 0.3) is 0 Å². The Bertz CT molecular complexity index is 495. The minimum absolute atomic E-state index is 0.0766. The van der Waals surface area contributed by atoms with Gasteiger partial charge < -0.3 is 5.32 Å². The van der Waals surface area contributed by atoms with Crippen LogP contribution in [0.4, 0.5) is 5.82 Å². The lowest BCUT2D eigenvalue weighted by Gasteiger charge is -2.36. The molecule has 0 aromatic carbocycles. The van der Waals surface area contributed by atoms with Gasteiger partial charge in [0.05, 0.1) is 12.2 Å². The highest BCUT2D eigenvalue weighted by molar-refractivity contribution is 7.98. The molecule has 2 rings (SSSR count). The fourth-order valence-corrected chi connectivity index (χ4v) is 3.88. The van der Waals surface area contributed by atoms with Crippen LogP contribution in [0, 0.1) is 5.92 Å². The van der Waals surface area contributed by atoms with Crippen molar-refractivity contribution in [3.63, 3.8) is 0 Å². The molecule has 0 unspecified atom stereocenters. The molecule has 2 heterocycles. The van der Waals surface area contributed by atoms with E-state index in [-0.39, 0.29) is 5.91 Å². The average molecular weight is 339 g/mol. The van der Waals surface area contributed by atoms with E-state index in [2.05, 4.69) is 42.3 Å². The Labute approximate surface area is 144 Å². The van der Waals surface area contributed by atoms with Crippen molar-refractivity contribution in [3.05, 3.63) is 12.3 Å². The van der Waals surface area contributed by atoms with E-state index < -0.39 is 0 Å². The molecule has 130 valence electrons. The van der Waals surface area contributed by atoms with E-state index in [4.69, 9.17) is 0 Å². The lowest BCUT2D eigenvalue weighted by molar-refractivity contribution is -0.116. The Balaban J connectivity index is 1.91. The van der Waals surface area contributed by atoms with Crippen molar-refractivity contribution in [2.75, 3.05) is 30.4 Å². The fraction of sp³-hybridized carbons (Fsp3) is 0.765. The predicted octanol–water partition coefficient (Wildman–Crippen LogP) is 3.26. The normalized spacial score (nSPS) is 18.3. The Morgan fingerprint density at radius 1 is 1.39 bits per heavy atom. The Hall–Kier alpha value is -1.01. The molecule has 0 radical (unpaired) electrons. The van der Waals surface area contributed by atoms with Crippen LogP contribution in [0.3, 0.4) is 0 Å². The van der Waals surface area contributed by atoms with Crippen LogP contribution in [0.5, 0.6) is 0 Å². The van der Waals surface area contributed by atoms with Crippen molar-refractivity contribution >= 4 is 23.5 Å². The molecule has 1 aromatic heterocycles. The summed E-state index contributed by atoms with van der Waals surface area (Å²) >= 11 is 1.91. The van der Waals surface area contributed by atoms with Gasteiger partial charge >= 0.3 is 0 Å². The van der Waals surface area contributed by atoms with E-state index in [0.29, 0.717) is 24.4 Å². The number of piperidine rings is 1.